The van der Waals surface area contributed by atoms with Gasteiger partial charge in [-0.1, -0.05) is 48.5 Å². The van der Waals surface area contributed by atoms with Gasteiger partial charge in [0, 0.05) is 24.2 Å². The number of benzene rings is 2. The van der Waals surface area contributed by atoms with Crippen LogP contribution >= 0.6 is 0 Å². The molecule has 1 aliphatic rings. The molecule has 0 bridgehead atoms. The fraction of sp³-hybridized carbons (Fsp3) is 0.368. The van der Waals surface area contributed by atoms with E-state index in [9.17, 15) is 8.78 Å². The van der Waals surface area contributed by atoms with E-state index in [0.717, 1.165) is 24.9 Å². The van der Waals surface area contributed by atoms with Crippen molar-refractivity contribution in [3.63, 3.8) is 0 Å². The van der Waals surface area contributed by atoms with Crippen LogP contribution in [0.3, 0.4) is 0 Å². The topological polar surface area (TPSA) is 33.3 Å². The predicted molar refractivity (Wildman–Crippen MR) is 90.1 cm³/mol. The van der Waals surface area contributed by atoms with Crippen molar-refractivity contribution in [1.29, 1.82) is 0 Å². The van der Waals surface area contributed by atoms with E-state index in [1.807, 2.05) is 30.3 Å². The van der Waals surface area contributed by atoms with Crippen molar-refractivity contribution >= 4 is 0 Å². The Hall–Kier alpha value is -1.98. The van der Waals surface area contributed by atoms with Gasteiger partial charge in [0.2, 0.25) is 0 Å². The first-order valence-electron chi connectivity index (χ1n) is 8.28. The van der Waals surface area contributed by atoms with Crippen LogP contribution in [0, 0.1) is 0 Å². The van der Waals surface area contributed by atoms with E-state index in [2.05, 4.69) is 27.5 Å². The van der Waals surface area contributed by atoms with Gasteiger partial charge in [-0.05, 0) is 31.0 Å². The van der Waals surface area contributed by atoms with Crippen molar-refractivity contribution in [3.05, 3.63) is 65.7 Å². The van der Waals surface area contributed by atoms with E-state index in [4.69, 9.17) is 0 Å². The highest BCUT2D eigenvalue weighted by Crippen LogP contribution is 2.25. The number of rotatable bonds is 6. The number of ether oxygens (including phenoxy) is 1. The molecule has 2 aromatic rings. The molecule has 0 amide bonds. The van der Waals surface area contributed by atoms with E-state index in [-0.39, 0.29) is 17.8 Å². The average Bonchev–Trinajstić information content (AvgIpc) is 2.61. The molecule has 3 nitrogen and oxygen atoms in total. The number of para-hydroxylation sites is 1. The summed E-state index contributed by atoms with van der Waals surface area (Å²) in [5, 5.41) is 7.07. The Morgan fingerprint density at radius 1 is 1.08 bits per heavy atom. The summed E-state index contributed by atoms with van der Waals surface area (Å²) in [5.41, 5.74) is 1.99. The van der Waals surface area contributed by atoms with Crippen LogP contribution in [0.1, 0.15) is 30.0 Å². The zero-order valence-electron chi connectivity index (χ0n) is 13.4. The van der Waals surface area contributed by atoms with Crippen molar-refractivity contribution in [1.82, 2.24) is 10.6 Å². The molecule has 2 atom stereocenters. The smallest absolute Gasteiger partial charge is 0.387 e. The van der Waals surface area contributed by atoms with Crippen LogP contribution < -0.4 is 15.4 Å². The lowest BCUT2D eigenvalue weighted by molar-refractivity contribution is -0.0505. The number of hydrogen-bond acceptors (Lipinski definition) is 3. The Bertz CT molecular complexity index is 636. The lowest BCUT2D eigenvalue weighted by Crippen LogP contribution is -2.45. The zero-order chi connectivity index (χ0) is 16.8. The van der Waals surface area contributed by atoms with Crippen LogP contribution in [0.2, 0.25) is 0 Å². The van der Waals surface area contributed by atoms with E-state index in [1.165, 1.54) is 5.56 Å². The molecule has 1 fully saturated rings. The van der Waals surface area contributed by atoms with Crippen molar-refractivity contribution in [2.45, 2.75) is 38.1 Å². The molecule has 1 aliphatic heterocycles. The van der Waals surface area contributed by atoms with Crippen LogP contribution in [-0.2, 0) is 6.54 Å². The van der Waals surface area contributed by atoms with Crippen LogP contribution in [0.5, 0.6) is 5.75 Å². The summed E-state index contributed by atoms with van der Waals surface area (Å²) < 4.78 is 29.7. The molecule has 2 aromatic carbocycles. The van der Waals surface area contributed by atoms with Gasteiger partial charge in [-0.15, -0.1) is 0 Å². The zero-order valence-corrected chi connectivity index (χ0v) is 13.4. The molecule has 0 saturated carbocycles. The summed E-state index contributed by atoms with van der Waals surface area (Å²) in [4.78, 5) is 0. The van der Waals surface area contributed by atoms with Gasteiger partial charge >= 0.3 is 6.61 Å². The summed E-state index contributed by atoms with van der Waals surface area (Å²) >= 11 is 0. The van der Waals surface area contributed by atoms with Gasteiger partial charge in [-0.2, -0.15) is 8.78 Å². The molecule has 3 rings (SSSR count). The Morgan fingerprint density at radius 3 is 2.62 bits per heavy atom. The molecule has 1 heterocycles. The minimum atomic E-state index is -2.81. The fourth-order valence-electron chi connectivity index (χ4n) is 3.22. The van der Waals surface area contributed by atoms with Gasteiger partial charge < -0.3 is 15.4 Å². The number of halogens is 2. The first-order chi connectivity index (χ1) is 11.7. The summed E-state index contributed by atoms with van der Waals surface area (Å²) in [7, 11) is 0. The first-order valence-corrected chi connectivity index (χ1v) is 8.28. The maximum atomic E-state index is 12.5. The van der Waals surface area contributed by atoms with Crippen molar-refractivity contribution in [2.75, 3.05) is 6.54 Å². The second-order valence-corrected chi connectivity index (χ2v) is 5.96. The molecule has 5 heteroatoms. The lowest BCUT2D eigenvalue weighted by atomic mass is 9.92. The Balaban J connectivity index is 1.69. The molecule has 1 saturated heterocycles. The molecule has 2 N–H and O–H groups in total. The molecule has 0 unspecified atom stereocenters. The minimum absolute atomic E-state index is 0.225. The highest BCUT2D eigenvalue weighted by atomic mass is 19.3. The van der Waals surface area contributed by atoms with Crippen LogP contribution in [0.15, 0.2) is 54.6 Å². The third-order valence-electron chi connectivity index (χ3n) is 4.36. The second-order valence-electron chi connectivity index (χ2n) is 5.96. The summed E-state index contributed by atoms with van der Waals surface area (Å²) in [6.45, 7) is -1.32. The van der Waals surface area contributed by atoms with Crippen molar-refractivity contribution < 1.29 is 13.5 Å². The van der Waals surface area contributed by atoms with Gasteiger partial charge in [0.15, 0.2) is 0 Å². The SMILES string of the molecule is FC(F)Oc1ccccc1CN[C@H]1CCCN[C@H]1c1ccccc1. The normalized spacial score (nSPS) is 21.0. The minimum Gasteiger partial charge on any atom is -0.434 e. The maximum Gasteiger partial charge on any atom is 0.387 e. The van der Waals surface area contributed by atoms with E-state index < -0.39 is 6.61 Å². The summed E-state index contributed by atoms with van der Waals surface area (Å²) in [5.74, 6) is 0.236. The lowest BCUT2D eigenvalue weighted by Gasteiger charge is -2.34. The Labute approximate surface area is 141 Å². The number of piperidine rings is 1. The van der Waals surface area contributed by atoms with E-state index >= 15 is 0 Å². The molecule has 0 spiro atoms. The number of nitrogens with one attached hydrogen (secondary N) is 2. The largest absolute Gasteiger partial charge is 0.434 e. The number of hydrogen-bond donors (Lipinski definition) is 2. The first kappa shape index (κ1) is 16.9. The average molecular weight is 332 g/mol. The van der Waals surface area contributed by atoms with Crippen LogP contribution in [0.25, 0.3) is 0 Å². The van der Waals surface area contributed by atoms with Gasteiger partial charge in [-0.25, -0.2) is 0 Å². The Morgan fingerprint density at radius 2 is 1.83 bits per heavy atom. The molecular weight excluding hydrogens is 310 g/mol. The van der Waals surface area contributed by atoms with Gasteiger partial charge in [-0.3, -0.25) is 0 Å². The molecule has 0 radical (unpaired) electrons. The summed E-state index contributed by atoms with van der Waals surface area (Å²) in [6.07, 6.45) is 2.14. The third-order valence-corrected chi connectivity index (χ3v) is 4.36. The molecule has 128 valence electrons. The Kier molecular flexibility index (Phi) is 5.77. The second kappa shape index (κ2) is 8.22. The quantitative estimate of drug-likeness (QED) is 0.842. The fourth-order valence-corrected chi connectivity index (χ4v) is 3.22. The summed E-state index contributed by atoms with van der Waals surface area (Å²) in [6, 6.07) is 17.7. The van der Waals surface area contributed by atoms with Gasteiger partial charge in [0.25, 0.3) is 0 Å². The van der Waals surface area contributed by atoms with Gasteiger partial charge in [0.1, 0.15) is 5.75 Å². The van der Waals surface area contributed by atoms with Crippen LogP contribution in [0.4, 0.5) is 8.78 Å². The highest BCUT2D eigenvalue weighted by Gasteiger charge is 2.25. The standard InChI is InChI=1S/C19H22F2N2O/c20-19(21)24-17-11-5-4-9-15(17)13-23-16-10-6-12-22-18(16)14-7-2-1-3-8-14/h1-5,7-9,11,16,18-19,22-23H,6,10,12-13H2/t16-,18-/m0/s1. The van der Waals surface area contributed by atoms with E-state index in [1.54, 1.807) is 12.1 Å². The molecule has 0 aliphatic carbocycles. The molecule has 0 aromatic heterocycles. The number of alkyl halides is 2. The maximum absolute atomic E-state index is 12.5. The van der Waals surface area contributed by atoms with Crippen molar-refractivity contribution in [3.8, 4) is 5.75 Å². The monoisotopic (exact) mass is 332 g/mol. The molecular formula is C19H22F2N2O. The van der Waals surface area contributed by atoms with Crippen LogP contribution in [-0.4, -0.2) is 19.2 Å². The van der Waals surface area contributed by atoms with Crippen molar-refractivity contribution in [2.24, 2.45) is 0 Å². The van der Waals surface area contributed by atoms with E-state index in [0.29, 0.717) is 6.54 Å². The molecule has 24 heavy (non-hydrogen) atoms. The highest BCUT2D eigenvalue weighted by molar-refractivity contribution is 5.33. The van der Waals surface area contributed by atoms with Gasteiger partial charge in [0.05, 0.1) is 0 Å². The third kappa shape index (κ3) is 4.30. The predicted octanol–water partition coefficient (Wildman–Crippen LogP) is 3.87.